The molecule has 0 aromatic carbocycles. The van der Waals surface area contributed by atoms with E-state index >= 15 is 0 Å². The second-order valence-electron chi connectivity index (χ2n) is 4.01. The van der Waals surface area contributed by atoms with Gasteiger partial charge in [-0.15, -0.1) is 0 Å². The average Bonchev–Trinajstić information content (AvgIpc) is 3.05. The first-order chi connectivity index (χ1) is 7.70. The highest BCUT2D eigenvalue weighted by Gasteiger charge is 2.21. The Balaban J connectivity index is 1.76. The normalized spacial score (nSPS) is 18.2. The first kappa shape index (κ1) is 13.2. The number of hydrogen-bond donors (Lipinski definition) is 0. The summed E-state index contributed by atoms with van der Waals surface area (Å²) in [4.78, 5) is 11.0. The molecule has 1 atom stereocenters. The maximum absolute atomic E-state index is 11.0. The average molecular weight is 228 g/mol. The minimum absolute atomic E-state index is 0.304. The van der Waals surface area contributed by atoms with Gasteiger partial charge >= 0.3 is 5.97 Å². The zero-order chi connectivity index (χ0) is 11.8. The maximum atomic E-state index is 11.0. The lowest BCUT2D eigenvalue weighted by Gasteiger charge is -2.04. The number of unbranched alkanes of at least 4 members (excludes halogenated alkanes) is 2. The van der Waals surface area contributed by atoms with E-state index in [1.54, 1.807) is 6.92 Å². The van der Waals surface area contributed by atoms with E-state index in [0.717, 1.165) is 32.5 Å². The molecule has 1 aliphatic heterocycles. The van der Waals surface area contributed by atoms with Crippen LogP contribution in [0, 0.1) is 0 Å². The summed E-state index contributed by atoms with van der Waals surface area (Å²) in [5.74, 6) is -0.304. The lowest BCUT2D eigenvalue weighted by molar-refractivity contribution is -0.139. The van der Waals surface area contributed by atoms with Crippen molar-refractivity contribution in [2.75, 3.05) is 26.4 Å². The molecule has 1 rings (SSSR count). The molecule has 0 aromatic rings. The highest BCUT2D eigenvalue weighted by molar-refractivity contribution is 5.86. The predicted molar refractivity (Wildman–Crippen MR) is 60.2 cm³/mol. The van der Waals surface area contributed by atoms with Crippen LogP contribution in [0.5, 0.6) is 0 Å². The smallest absolute Gasteiger partial charge is 0.333 e. The fraction of sp³-hybridized carbons (Fsp3) is 0.750. The van der Waals surface area contributed by atoms with Crippen LogP contribution < -0.4 is 0 Å². The van der Waals surface area contributed by atoms with Crippen LogP contribution in [0.25, 0.3) is 0 Å². The van der Waals surface area contributed by atoms with Crippen molar-refractivity contribution >= 4 is 5.97 Å². The number of carbonyl (C=O) groups is 1. The number of hydrogen-bond acceptors (Lipinski definition) is 4. The Morgan fingerprint density at radius 3 is 2.69 bits per heavy atom. The van der Waals surface area contributed by atoms with Crippen LogP contribution in [0.3, 0.4) is 0 Å². The number of epoxide rings is 1. The predicted octanol–water partition coefficient (Wildman–Crippen LogP) is 1.69. The summed E-state index contributed by atoms with van der Waals surface area (Å²) in [5.41, 5.74) is 0.452. The molecule has 0 aliphatic carbocycles. The Morgan fingerprint density at radius 2 is 2.06 bits per heavy atom. The lowest BCUT2D eigenvalue weighted by atomic mass is 10.2. The molecule has 0 amide bonds. The summed E-state index contributed by atoms with van der Waals surface area (Å²) in [6, 6.07) is 0. The molecule has 1 aliphatic rings. The molecule has 0 N–H and O–H groups in total. The topological polar surface area (TPSA) is 48.1 Å². The molecule has 92 valence electrons. The second-order valence-corrected chi connectivity index (χ2v) is 4.01. The maximum Gasteiger partial charge on any atom is 0.333 e. The van der Waals surface area contributed by atoms with Crippen molar-refractivity contribution in [2.24, 2.45) is 0 Å². The van der Waals surface area contributed by atoms with Gasteiger partial charge < -0.3 is 14.2 Å². The molecular formula is C12H20O4. The summed E-state index contributed by atoms with van der Waals surface area (Å²) in [6.07, 6.45) is 3.23. The van der Waals surface area contributed by atoms with E-state index in [4.69, 9.17) is 14.2 Å². The van der Waals surface area contributed by atoms with Gasteiger partial charge in [0.1, 0.15) is 6.10 Å². The molecule has 0 spiro atoms. The van der Waals surface area contributed by atoms with Crippen LogP contribution in [-0.2, 0) is 19.0 Å². The molecule has 0 aromatic heterocycles. The molecule has 0 saturated carbocycles. The highest BCUT2D eigenvalue weighted by atomic mass is 16.6. The first-order valence-corrected chi connectivity index (χ1v) is 5.72. The van der Waals surface area contributed by atoms with Gasteiger partial charge in [-0.25, -0.2) is 4.79 Å². The zero-order valence-electron chi connectivity index (χ0n) is 9.87. The molecule has 4 heteroatoms. The van der Waals surface area contributed by atoms with Crippen LogP contribution in [0.15, 0.2) is 12.2 Å². The lowest BCUT2D eigenvalue weighted by Crippen LogP contribution is -2.07. The second kappa shape index (κ2) is 7.41. The van der Waals surface area contributed by atoms with E-state index in [9.17, 15) is 4.79 Å². The minimum Gasteiger partial charge on any atom is -0.462 e. The fourth-order valence-corrected chi connectivity index (χ4v) is 1.15. The van der Waals surface area contributed by atoms with Crippen LogP contribution in [0.4, 0.5) is 0 Å². The number of rotatable bonds is 9. The number of ether oxygens (including phenoxy) is 3. The Morgan fingerprint density at radius 1 is 1.38 bits per heavy atom. The molecule has 1 unspecified atom stereocenters. The molecule has 1 saturated heterocycles. The summed E-state index contributed by atoms with van der Waals surface area (Å²) >= 11 is 0. The van der Waals surface area contributed by atoms with Crippen molar-refractivity contribution in [1.29, 1.82) is 0 Å². The van der Waals surface area contributed by atoms with Gasteiger partial charge in [0.15, 0.2) is 0 Å². The molecule has 4 nitrogen and oxygen atoms in total. The molecule has 1 heterocycles. The zero-order valence-corrected chi connectivity index (χ0v) is 9.87. The molecule has 0 bridgehead atoms. The Kier molecular flexibility index (Phi) is 6.11. The van der Waals surface area contributed by atoms with Crippen LogP contribution in [-0.4, -0.2) is 38.5 Å². The van der Waals surface area contributed by atoms with Gasteiger partial charge in [-0.3, -0.25) is 0 Å². The van der Waals surface area contributed by atoms with E-state index in [0.29, 0.717) is 24.9 Å². The van der Waals surface area contributed by atoms with Crippen LogP contribution >= 0.6 is 0 Å². The standard InChI is InChI=1S/C12H20O4/c1-10(2)12(13)15-7-5-3-4-6-14-8-11-9-16-11/h11H,1,3-9H2,2H3. The molecule has 0 radical (unpaired) electrons. The minimum atomic E-state index is -0.304. The SMILES string of the molecule is C=C(C)C(=O)OCCCCCOCC1CO1. The van der Waals surface area contributed by atoms with E-state index < -0.39 is 0 Å². The Hall–Kier alpha value is -0.870. The largest absolute Gasteiger partial charge is 0.462 e. The fourth-order valence-electron chi connectivity index (χ4n) is 1.15. The van der Waals surface area contributed by atoms with Crippen molar-refractivity contribution in [3.8, 4) is 0 Å². The molecule has 1 fully saturated rings. The summed E-state index contributed by atoms with van der Waals surface area (Å²) in [5, 5.41) is 0. The van der Waals surface area contributed by atoms with E-state index in [1.807, 2.05) is 0 Å². The highest BCUT2D eigenvalue weighted by Crippen LogP contribution is 2.08. The van der Waals surface area contributed by atoms with Crippen molar-refractivity contribution in [2.45, 2.75) is 32.3 Å². The molecule has 16 heavy (non-hydrogen) atoms. The summed E-state index contributed by atoms with van der Waals surface area (Å²) in [6.45, 7) is 7.94. The number of carbonyl (C=O) groups excluding carboxylic acids is 1. The van der Waals surface area contributed by atoms with Gasteiger partial charge in [-0.05, 0) is 26.2 Å². The van der Waals surface area contributed by atoms with Gasteiger partial charge in [-0.1, -0.05) is 6.58 Å². The van der Waals surface area contributed by atoms with Gasteiger partial charge in [0.05, 0.1) is 19.8 Å². The van der Waals surface area contributed by atoms with Crippen molar-refractivity contribution in [1.82, 2.24) is 0 Å². The van der Waals surface area contributed by atoms with E-state index in [2.05, 4.69) is 6.58 Å². The quantitative estimate of drug-likeness (QED) is 0.261. The van der Waals surface area contributed by atoms with Crippen molar-refractivity contribution < 1.29 is 19.0 Å². The third-order valence-electron chi connectivity index (χ3n) is 2.22. The Labute approximate surface area is 96.6 Å². The summed E-state index contributed by atoms with van der Waals surface area (Å²) in [7, 11) is 0. The van der Waals surface area contributed by atoms with Crippen LogP contribution in [0.1, 0.15) is 26.2 Å². The third kappa shape index (κ3) is 6.58. The van der Waals surface area contributed by atoms with Gasteiger partial charge in [-0.2, -0.15) is 0 Å². The van der Waals surface area contributed by atoms with Crippen molar-refractivity contribution in [3.05, 3.63) is 12.2 Å². The van der Waals surface area contributed by atoms with E-state index in [-0.39, 0.29) is 5.97 Å². The van der Waals surface area contributed by atoms with Gasteiger partial charge in [0.2, 0.25) is 0 Å². The Bertz CT molecular complexity index is 233. The first-order valence-electron chi connectivity index (χ1n) is 5.72. The number of esters is 1. The van der Waals surface area contributed by atoms with Crippen LogP contribution in [0.2, 0.25) is 0 Å². The van der Waals surface area contributed by atoms with Crippen molar-refractivity contribution in [3.63, 3.8) is 0 Å². The van der Waals surface area contributed by atoms with E-state index in [1.165, 1.54) is 0 Å². The summed E-state index contributed by atoms with van der Waals surface area (Å²) < 4.78 is 15.3. The third-order valence-corrected chi connectivity index (χ3v) is 2.22. The van der Waals surface area contributed by atoms with Gasteiger partial charge in [0.25, 0.3) is 0 Å². The van der Waals surface area contributed by atoms with Gasteiger partial charge in [0, 0.05) is 12.2 Å². The monoisotopic (exact) mass is 228 g/mol. The molecular weight excluding hydrogens is 208 g/mol.